The summed E-state index contributed by atoms with van der Waals surface area (Å²) in [5.41, 5.74) is 2.79. The van der Waals surface area contributed by atoms with Crippen LogP contribution >= 0.6 is 0 Å². The van der Waals surface area contributed by atoms with Crippen molar-refractivity contribution in [2.45, 2.75) is 0 Å². The first kappa shape index (κ1) is 9.48. The largest absolute Gasteiger partial charge is 0.455 e. The van der Waals surface area contributed by atoms with Gasteiger partial charge in [0.15, 0.2) is 0 Å². The SMILES string of the molecule is c1ccc2c(c1)oc1c(-c3ncc[nH]3)cccc12. The van der Waals surface area contributed by atoms with Gasteiger partial charge in [-0.25, -0.2) is 4.98 Å². The molecule has 0 atom stereocenters. The van der Waals surface area contributed by atoms with Gasteiger partial charge in [0.1, 0.15) is 17.0 Å². The van der Waals surface area contributed by atoms with Crippen LogP contribution in [0, 0.1) is 0 Å². The maximum Gasteiger partial charge on any atom is 0.146 e. The number of aromatic amines is 1. The third-order valence-electron chi connectivity index (χ3n) is 3.16. The summed E-state index contributed by atoms with van der Waals surface area (Å²) in [6.45, 7) is 0. The molecular formula is C15H10N2O. The zero-order valence-corrected chi connectivity index (χ0v) is 9.55. The second kappa shape index (κ2) is 3.47. The van der Waals surface area contributed by atoms with Gasteiger partial charge in [-0.1, -0.05) is 30.3 Å². The van der Waals surface area contributed by atoms with Crippen LogP contribution in [0.5, 0.6) is 0 Å². The number of nitrogens with one attached hydrogen (secondary N) is 1. The van der Waals surface area contributed by atoms with E-state index in [1.54, 1.807) is 6.20 Å². The average molecular weight is 234 g/mol. The Bertz CT molecular complexity index is 828. The molecule has 18 heavy (non-hydrogen) atoms. The molecule has 2 aromatic heterocycles. The molecule has 0 saturated heterocycles. The maximum atomic E-state index is 5.95. The number of furan rings is 1. The van der Waals surface area contributed by atoms with Crippen molar-refractivity contribution < 1.29 is 4.42 Å². The topological polar surface area (TPSA) is 41.8 Å². The van der Waals surface area contributed by atoms with Gasteiger partial charge in [-0.2, -0.15) is 0 Å². The number of H-pyrrole nitrogens is 1. The van der Waals surface area contributed by atoms with E-state index in [2.05, 4.69) is 22.1 Å². The molecular weight excluding hydrogens is 224 g/mol. The molecule has 0 aliphatic rings. The monoisotopic (exact) mass is 234 g/mol. The number of hydrogen-bond donors (Lipinski definition) is 1. The summed E-state index contributed by atoms with van der Waals surface area (Å²) in [5, 5.41) is 2.26. The minimum absolute atomic E-state index is 0.833. The van der Waals surface area contributed by atoms with Gasteiger partial charge in [0.2, 0.25) is 0 Å². The fourth-order valence-electron chi connectivity index (χ4n) is 2.35. The van der Waals surface area contributed by atoms with Crippen LogP contribution in [0.2, 0.25) is 0 Å². The molecule has 0 aliphatic carbocycles. The minimum Gasteiger partial charge on any atom is -0.455 e. The number of benzene rings is 2. The second-order valence-electron chi connectivity index (χ2n) is 4.22. The van der Waals surface area contributed by atoms with Gasteiger partial charge in [0.25, 0.3) is 0 Å². The molecule has 0 saturated carbocycles. The summed E-state index contributed by atoms with van der Waals surface area (Å²) < 4.78 is 5.95. The number of nitrogens with zero attached hydrogens (tertiary/aromatic N) is 1. The van der Waals surface area contributed by atoms with Gasteiger partial charge in [-0.15, -0.1) is 0 Å². The minimum atomic E-state index is 0.833. The van der Waals surface area contributed by atoms with Crippen LogP contribution in [-0.2, 0) is 0 Å². The average Bonchev–Trinajstić information content (AvgIpc) is 3.05. The van der Waals surface area contributed by atoms with E-state index in [0.717, 1.165) is 33.3 Å². The molecule has 3 heteroatoms. The van der Waals surface area contributed by atoms with Crippen molar-refractivity contribution in [1.82, 2.24) is 9.97 Å². The van der Waals surface area contributed by atoms with Gasteiger partial charge < -0.3 is 9.40 Å². The number of imidazole rings is 1. The highest BCUT2D eigenvalue weighted by Gasteiger charge is 2.12. The van der Waals surface area contributed by atoms with Crippen LogP contribution in [0.4, 0.5) is 0 Å². The predicted octanol–water partition coefficient (Wildman–Crippen LogP) is 3.98. The number of rotatable bonds is 1. The van der Waals surface area contributed by atoms with Crippen molar-refractivity contribution in [2.75, 3.05) is 0 Å². The molecule has 86 valence electrons. The van der Waals surface area contributed by atoms with Crippen LogP contribution in [-0.4, -0.2) is 9.97 Å². The van der Waals surface area contributed by atoms with Crippen molar-refractivity contribution in [2.24, 2.45) is 0 Å². The molecule has 2 aromatic carbocycles. The molecule has 0 spiro atoms. The highest BCUT2D eigenvalue weighted by atomic mass is 16.3. The Hall–Kier alpha value is -2.55. The van der Waals surface area contributed by atoms with E-state index in [-0.39, 0.29) is 0 Å². The van der Waals surface area contributed by atoms with Crippen molar-refractivity contribution in [1.29, 1.82) is 0 Å². The fraction of sp³-hybridized carbons (Fsp3) is 0. The maximum absolute atomic E-state index is 5.95. The lowest BCUT2D eigenvalue weighted by atomic mass is 10.1. The summed E-state index contributed by atoms with van der Waals surface area (Å²) in [6.07, 6.45) is 3.56. The van der Waals surface area contributed by atoms with Crippen LogP contribution in [0.1, 0.15) is 0 Å². The first-order valence-corrected chi connectivity index (χ1v) is 5.83. The van der Waals surface area contributed by atoms with Crippen LogP contribution in [0.15, 0.2) is 59.3 Å². The Labute approximate surface area is 103 Å². The molecule has 0 bridgehead atoms. The number of aromatic nitrogens is 2. The molecule has 3 nitrogen and oxygen atoms in total. The zero-order chi connectivity index (χ0) is 11.9. The van der Waals surface area contributed by atoms with Crippen molar-refractivity contribution in [3.63, 3.8) is 0 Å². The lowest BCUT2D eigenvalue weighted by Crippen LogP contribution is -1.80. The van der Waals surface area contributed by atoms with E-state index in [1.165, 1.54) is 0 Å². The van der Waals surface area contributed by atoms with Gasteiger partial charge >= 0.3 is 0 Å². The molecule has 0 radical (unpaired) electrons. The standard InChI is InChI=1S/C15H10N2O/c1-2-7-13-10(4-1)11-5-3-6-12(14(11)18-13)15-16-8-9-17-15/h1-9H,(H,16,17). The van der Waals surface area contributed by atoms with E-state index < -0.39 is 0 Å². The number of fused-ring (bicyclic) bond motifs is 3. The zero-order valence-electron chi connectivity index (χ0n) is 9.55. The highest BCUT2D eigenvalue weighted by Crippen LogP contribution is 2.34. The highest BCUT2D eigenvalue weighted by molar-refractivity contribution is 6.08. The molecule has 4 rings (SSSR count). The molecule has 0 amide bonds. The summed E-state index contributed by atoms with van der Waals surface area (Å²) in [4.78, 5) is 7.41. The fourth-order valence-corrected chi connectivity index (χ4v) is 2.35. The summed E-state index contributed by atoms with van der Waals surface area (Å²) in [5.74, 6) is 0.833. The third-order valence-corrected chi connectivity index (χ3v) is 3.16. The summed E-state index contributed by atoms with van der Waals surface area (Å²) in [6, 6.07) is 14.2. The Balaban J connectivity index is 2.17. The Morgan fingerprint density at radius 3 is 2.72 bits per heavy atom. The number of para-hydroxylation sites is 2. The summed E-state index contributed by atoms with van der Waals surface area (Å²) >= 11 is 0. The number of hydrogen-bond acceptors (Lipinski definition) is 2. The van der Waals surface area contributed by atoms with Crippen LogP contribution in [0.25, 0.3) is 33.3 Å². The van der Waals surface area contributed by atoms with Gasteiger partial charge in [-0.3, -0.25) is 0 Å². The normalized spacial score (nSPS) is 11.3. The molecule has 2 heterocycles. The van der Waals surface area contributed by atoms with Gasteiger partial charge in [0, 0.05) is 23.2 Å². The summed E-state index contributed by atoms with van der Waals surface area (Å²) in [7, 11) is 0. The van der Waals surface area contributed by atoms with Crippen molar-refractivity contribution in [3.8, 4) is 11.4 Å². The van der Waals surface area contributed by atoms with Crippen molar-refractivity contribution >= 4 is 21.9 Å². The van der Waals surface area contributed by atoms with Crippen molar-refractivity contribution in [3.05, 3.63) is 54.9 Å². The van der Waals surface area contributed by atoms with Gasteiger partial charge in [0.05, 0.1) is 5.56 Å². The van der Waals surface area contributed by atoms with Crippen LogP contribution in [0.3, 0.4) is 0 Å². The lowest BCUT2D eigenvalue weighted by molar-refractivity contribution is 0.669. The third kappa shape index (κ3) is 1.21. The molecule has 0 aliphatic heterocycles. The lowest BCUT2D eigenvalue weighted by Gasteiger charge is -1.97. The smallest absolute Gasteiger partial charge is 0.146 e. The Morgan fingerprint density at radius 1 is 0.944 bits per heavy atom. The molecule has 0 fully saturated rings. The van der Waals surface area contributed by atoms with E-state index in [4.69, 9.17) is 4.42 Å². The first-order valence-electron chi connectivity index (χ1n) is 5.83. The van der Waals surface area contributed by atoms with E-state index in [9.17, 15) is 0 Å². The van der Waals surface area contributed by atoms with E-state index >= 15 is 0 Å². The van der Waals surface area contributed by atoms with E-state index in [0.29, 0.717) is 0 Å². The predicted molar refractivity (Wildman–Crippen MR) is 71.3 cm³/mol. The van der Waals surface area contributed by atoms with Crippen LogP contribution < -0.4 is 0 Å². The van der Waals surface area contributed by atoms with Gasteiger partial charge in [-0.05, 0) is 12.1 Å². The quantitative estimate of drug-likeness (QED) is 0.541. The molecule has 4 aromatic rings. The molecule has 1 N–H and O–H groups in total. The van der Waals surface area contributed by atoms with E-state index in [1.807, 2.05) is 36.5 Å². The first-order chi connectivity index (χ1) is 8.93. The Morgan fingerprint density at radius 2 is 1.83 bits per heavy atom. The molecule has 0 unspecified atom stereocenters. The Kier molecular flexibility index (Phi) is 1.83. The second-order valence-corrected chi connectivity index (χ2v) is 4.22.